The Labute approximate surface area is 189 Å². The van der Waals surface area contributed by atoms with Crippen molar-refractivity contribution in [3.8, 4) is 0 Å². The molecule has 0 amide bonds. The van der Waals surface area contributed by atoms with E-state index in [1.54, 1.807) is 0 Å². The van der Waals surface area contributed by atoms with Gasteiger partial charge in [0.05, 0.1) is 24.4 Å². The summed E-state index contributed by atoms with van der Waals surface area (Å²) in [6, 6.07) is 0. The summed E-state index contributed by atoms with van der Waals surface area (Å²) in [4.78, 5) is 0. The highest BCUT2D eigenvalue weighted by Crippen LogP contribution is 2.60. The maximum atomic E-state index is 10.3. The highest BCUT2D eigenvalue weighted by Gasteiger charge is 2.50. The summed E-state index contributed by atoms with van der Waals surface area (Å²) in [6.45, 7) is 8.67. The van der Waals surface area contributed by atoms with Gasteiger partial charge in [-0.15, -0.1) is 0 Å². The van der Waals surface area contributed by atoms with Gasteiger partial charge in [-0.1, -0.05) is 50.0 Å². The van der Waals surface area contributed by atoms with Gasteiger partial charge in [0, 0.05) is 12.3 Å². The molecule has 0 aliphatic heterocycles. The highest BCUT2D eigenvalue weighted by atomic mass is 16.3. The second kappa shape index (κ2) is 10.1. The molecule has 31 heavy (non-hydrogen) atoms. The molecule has 178 valence electrons. The summed E-state index contributed by atoms with van der Waals surface area (Å²) in [5.74, 6) is 1.78. The fourth-order valence-corrected chi connectivity index (χ4v) is 7.11. The number of rotatable bonds is 7. The quantitative estimate of drug-likeness (QED) is 0.466. The van der Waals surface area contributed by atoms with Gasteiger partial charge in [0.25, 0.3) is 0 Å². The summed E-state index contributed by atoms with van der Waals surface area (Å²) in [6.07, 6.45) is 13.4. The molecule has 0 aromatic carbocycles. The van der Waals surface area contributed by atoms with Crippen LogP contribution in [0.5, 0.6) is 0 Å². The zero-order chi connectivity index (χ0) is 22.8. The predicted molar refractivity (Wildman–Crippen MR) is 125 cm³/mol. The molecule has 0 saturated heterocycles. The topological polar surface area (TPSA) is 80.9 Å². The van der Waals surface area contributed by atoms with Crippen molar-refractivity contribution in [2.24, 2.45) is 29.1 Å². The zero-order valence-electron chi connectivity index (χ0n) is 20.2. The Bertz CT molecular complexity index is 661. The zero-order valence-corrected chi connectivity index (χ0v) is 20.2. The highest BCUT2D eigenvalue weighted by molar-refractivity contribution is 5.27. The Hall–Kier alpha value is -0.680. The van der Waals surface area contributed by atoms with Crippen molar-refractivity contribution in [2.45, 2.75) is 110 Å². The summed E-state index contributed by atoms with van der Waals surface area (Å²) in [5.41, 5.74) is 2.29. The number of allylic oxidation sites excluding steroid dienone is 3. The molecule has 0 aromatic rings. The summed E-state index contributed by atoms with van der Waals surface area (Å²) in [5, 5.41) is 40.1. The van der Waals surface area contributed by atoms with Gasteiger partial charge in [0.2, 0.25) is 0 Å². The Morgan fingerprint density at radius 2 is 1.87 bits per heavy atom. The maximum absolute atomic E-state index is 10.3. The first-order chi connectivity index (χ1) is 14.5. The fraction of sp³-hybridized carbons (Fsp3) is 0.852. The molecular weight excluding hydrogens is 388 g/mol. The van der Waals surface area contributed by atoms with Crippen LogP contribution in [0.1, 0.15) is 91.9 Å². The lowest BCUT2D eigenvalue weighted by molar-refractivity contribution is 0.0102. The van der Waals surface area contributed by atoms with Gasteiger partial charge in [-0.05, 0) is 82.0 Å². The Kier molecular flexibility index (Phi) is 8.11. The molecule has 3 aliphatic rings. The number of hydrogen-bond acceptors (Lipinski definition) is 4. The van der Waals surface area contributed by atoms with Gasteiger partial charge in [-0.3, -0.25) is 0 Å². The van der Waals surface area contributed by atoms with E-state index in [1.807, 2.05) is 13.8 Å². The van der Waals surface area contributed by atoms with E-state index in [-0.39, 0.29) is 12.5 Å². The smallest absolute Gasteiger partial charge is 0.0652 e. The molecule has 0 bridgehead atoms. The Balaban J connectivity index is 1.71. The molecule has 3 rings (SSSR count). The van der Waals surface area contributed by atoms with Gasteiger partial charge in [0.1, 0.15) is 0 Å². The van der Waals surface area contributed by atoms with Gasteiger partial charge in [0.15, 0.2) is 0 Å². The van der Waals surface area contributed by atoms with Crippen LogP contribution >= 0.6 is 0 Å². The van der Waals surface area contributed by atoms with E-state index in [1.165, 1.54) is 37.7 Å². The van der Waals surface area contributed by atoms with Crippen molar-refractivity contribution in [1.29, 1.82) is 0 Å². The normalized spacial score (nSPS) is 40.3. The van der Waals surface area contributed by atoms with E-state index in [2.05, 4.69) is 26.0 Å². The SMILES string of the molecule is C[C@H](CCCC(C)(C)O)[C@H]1CC[C@H]2/C(=C/C=C3/C[C@@H](O)C[C@H](O)[C@@H]3CO)CCC[C@]12C. The average Bonchev–Trinajstić information content (AvgIpc) is 3.02. The van der Waals surface area contributed by atoms with Crippen LogP contribution in [-0.4, -0.2) is 44.8 Å². The molecule has 7 atom stereocenters. The molecule has 0 heterocycles. The molecular formula is C27H46O4. The average molecular weight is 435 g/mol. The number of aliphatic hydroxyl groups excluding tert-OH is 3. The fourth-order valence-electron chi connectivity index (χ4n) is 7.11. The van der Waals surface area contributed by atoms with E-state index in [4.69, 9.17) is 0 Å². The third-order valence-electron chi connectivity index (χ3n) is 8.81. The molecule has 3 fully saturated rings. The molecule has 4 N–H and O–H groups in total. The standard InChI is InChI=1S/C27H46O4/c1-18(7-5-13-26(2,3)31)23-11-12-24-19(8-6-14-27(23,24)4)9-10-20-15-21(29)16-25(30)22(20)17-28/h9-10,18,21-25,28-31H,5-8,11-17H2,1-4H3/b19-9+,20-10-/t18-,21-,22-,23-,24+,25+,27-/m1/s1. The van der Waals surface area contributed by atoms with Gasteiger partial charge >= 0.3 is 0 Å². The molecule has 4 nitrogen and oxygen atoms in total. The van der Waals surface area contributed by atoms with Crippen LogP contribution in [0.15, 0.2) is 23.3 Å². The van der Waals surface area contributed by atoms with E-state index < -0.39 is 17.8 Å². The molecule has 0 aromatic heterocycles. The van der Waals surface area contributed by atoms with Crippen molar-refractivity contribution in [3.05, 3.63) is 23.3 Å². The second-order valence-electron chi connectivity index (χ2n) is 11.7. The monoisotopic (exact) mass is 434 g/mol. The van der Waals surface area contributed by atoms with Crippen LogP contribution in [0, 0.1) is 29.1 Å². The van der Waals surface area contributed by atoms with Crippen LogP contribution in [-0.2, 0) is 0 Å². The molecule has 0 spiro atoms. The second-order valence-corrected chi connectivity index (χ2v) is 11.7. The first kappa shape index (κ1) is 25.0. The lowest BCUT2D eigenvalue weighted by Gasteiger charge is -2.44. The number of fused-ring (bicyclic) bond motifs is 1. The van der Waals surface area contributed by atoms with Crippen LogP contribution in [0.4, 0.5) is 0 Å². The molecule has 4 heteroatoms. The third kappa shape index (κ3) is 5.82. The van der Waals surface area contributed by atoms with Gasteiger partial charge in [-0.2, -0.15) is 0 Å². The first-order valence-corrected chi connectivity index (χ1v) is 12.6. The molecule has 3 aliphatic carbocycles. The van der Waals surface area contributed by atoms with Crippen LogP contribution in [0.3, 0.4) is 0 Å². The number of hydrogen-bond donors (Lipinski definition) is 4. The Morgan fingerprint density at radius 1 is 1.16 bits per heavy atom. The van der Waals surface area contributed by atoms with Crippen LogP contribution in [0.25, 0.3) is 0 Å². The summed E-state index contributed by atoms with van der Waals surface area (Å²) in [7, 11) is 0. The van der Waals surface area contributed by atoms with E-state index in [0.29, 0.717) is 30.1 Å². The largest absolute Gasteiger partial charge is 0.396 e. The number of aliphatic hydroxyl groups is 4. The minimum Gasteiger partial charge on any atom is -0.396 e. The Morgan fingerprint density at radius 3 is 2.55 bits per heavy atom. The van der Waals surface area contributed by atoms with Gasteiger partial charge < -0.3 is 20.4 Å². The summed E-state index contributed by atoms with van der Waals surface area (Å²) < 4.78 is 0. The van der Waals surface area contributed by atoms with Crippen molar-refractivity contribution >= 4 is 0 Å². The van der Waals surface area contributed by atoms with Gasteiger partial charge in [-0.25, -0.2) is 0 Å². The van der Waals surface area contributed by atoms with Crippen molar-refractivity contribution in [3.63, 3.8) is 0 Å². The van der Waals surface area contributed by atoms with Crippen LogP contribution in [0.2, 0.25) is 0 Å². The first-order valence-electron chi connectivity index (χ1n) is 12.6. The minimum absolute atomic E-state index is 0.0612. The van der Waals surface area contributed by atoms with E-state index in [9.17, 15) is 20.4 Å². The lowest BCUT2D eigenvalue weighted by atomic mass is 9.60. The third-order valence-corrected chi connectivity index (χ3v) is 8.81. The molecule has 0 radical (unpaired) electrons. The molecule has 0 unspecified atom stereocenters. The predicted octanol–water partition coefficient (Wildman–Crippen LogP) is 4.76. The lowest BCUT2D eigenvalue weighted by Crippen LogP contribution is -2.36. The van der Waals surface area contributed by atoms with Crippen LogP contribution < -0.4 is 0 Å². The van der Waals surface area contributed by atoms with Crippen molar-refractivity contribution < 1.29 is 20.4 Å². The van der Waals surface area contributed by atoms with E-state index >= 15 is 0 Å². The maximum Gasteiger partial charge on any atom is 0.0652 e. The van der Waals surface area contributed by atoms with Crippen molar-refractivity contribution in [1.82, 2.24) is 0 Å². The molecule has 3 saturated carbocycles. The summed E-state index contributed by atoms with van der Waals surface area (Å²) >= 11 is 0. The minimum atomic E-state index is -0.657. The van der Waals surface area contributed by atoms with E-state index in [0.717, 1.165) is 30.8 Å². The van der Waals surface area contributed by atoms with Crippen molar-refractivity contribution in [2.75, 3.05) is 6.61 Å².